The first-order chi connectivity index (χ1) is 14.9. The van der Waals surface area contributed by atoms with E-state index in [2.05, 4.69) is 5.32 Å². The summed E-state index contributed by atoms with van der Waals surface area (Å²) in [6.07, 6.45) is 0.627. The number of sulfonamides is 1. The van der Waals surface area contributed by atoms with Crippen LogP contribution in [0.5, 0.6) is 0 Å². The van der Waals surface area contributed by atoms with Crippen LogP contribution < -0.4 is 5.32 Å². The highest BCUT2D eigenvalue weighted by Crippen LogP contribution is 2.23. The maximum Gasteiger partial charge on any atom is 0.255 e. The summed E-state index contributed by atoms with van der Waals surface area (Å²) >= 11 is 0. The number of amides is 1. The SMILES string of the molecule is CCN(CC)S(=O)(=O)c1cc(C(=O)Nc2ccccc2Cc2ccccc2)ccc1F. The number of benzene rings is 3. The molecule has 0 aliphatic carbocycles. The van der Waals surface area contributed by atoms with Crippen LogP contribution in [0.1, 0.15) is 35.3 Å². The summed E-state index contributed by atoms with van der Waals surface area (Å²) in [6, 6.07) is 20.6. The van der Waals surface area contributed by atoms with Crippen molar-refractivity contribution in [1.29, 1.82) is 0 Å². The van der Waals surface area contributed by atoms with Gasteiger partial charge in [-0.3, -0.25) is 4.79 Å². The molecule has 3 aromatic rings. The van der Waals surface area contributed by atoms with Crippen molar-refractivity contribution < 1.29 is 17.6 Å². The van der Waals surface area contributed by atoms with E-state index in [0.29, 0.717) is 12.1 Å². The van der Waals surface area contributed by atoms with Gasteiger partial charge in [-0.2, -0.15) is 4.31 Å². The van der Waals surface area contributed by atoms with Crippen molar-refractivity contribution in [2.24, 2.45) is 0 Å². The molecule has 0 unspecified atom stereocenters. The van der Waals surface area contributed by atoms with Crippen molar-refractivity contribution in [3.05, 3.63) is 95.3 Å². The number of halogens is 1. The average Bonchev–Trinajstić information content (AvgIpc) is 2.76. The summed E-state index contributed by atoms with van der Waals surface area (Å²) in [5.41, 5.74) is 2.70. The predicted octanol–water partition coefficient (Wildman–Crippen LogP) is 4.70. The number of nitrogens with one attached hydrogen (secondary N) is 1. The number of para-hydroxylation sites is 1. The predicted molar refractivity (Wildman–Crippen MR) is 120 cm³/mol. The molecule has 0 aromatic heterocycles. The molecular formula is C24H25FN2O3S. The first-order valence-electron chi connectivity index (χ1n) is 10.1. The van der Waals surface area contributed by atoms with Crippen LogP contribution in [0.3, 0.4) is 0 Å². The lowest BCUT2D eigenvalue weighted by Crippen LogP contribution is -2.31. The van der Waals surface area contributed by atoms with E-state index >= 15 is 0 Å². The minimum atomic E-state index is -4.03. The van der Waals surface area contributed by atoms with E-state index in [1.807, 2.05) is 48.5 Å². The summed E-state index contributed by atoms with van der Waals surface area (Å²) in [6.45, 7) is 3.78. The molecule has 31 heavy (non-hydrogen) atoms. The molecule has 0 saturated heterocycles. The van der Waals surface area contributed by atoms with Gasteiger partial charge >= 0.3 is 0 Å². The molecule has 0 atom stereocenters. The fraction of sp³-hybridized carbons (Fsp3) is 0.208. The zero-order chi connectivity index (χ0) is 22.4. The highest BCUT2D eigenvalue weighted by molar-refractivity contribution is 7.89. The smallest absolute Gasteiger partial charge is 0.255 e. The molecule has 0 saturated carbocycles. The van der Waals surface area contributed by atoms with E-state index in [1.54, 1.807) is 19.9 Å². The van der Waals surface area contributed by atoms with Gasteiger partial charge in [0, 0.05) is 24.3 Å². The van der Waals surface area contributed by atoms with Gasteiger partial charge in [-0.1, -0.05) is 62.4 Å². The minimum absolute atomic E-state index is 0.0710. The molecule has 0 aliphatic heterocycles. The average molecular weight is 441 g/mol. The van der Waals surface area contributed by atoms with Crippen molar-refractivity contribution in [3.8, 4) is 0 Å². The Morgan fingerprint density at radius 1 is 0.935 bits per heavy atom. The topological polar surface area (TPSA) is 66.5 Å². The van der Waals surface area contributed by atoms with Crippen molar-refractivity contribution in [2.45, 2.75) is 25.2 Å². The molecule has 5 nitrogen and oxygen atoms in total. The number of hydrogen-bond donors (Lipinski definition) is 1. The quantitative estimate of drug-likeness (QED) is 0.552. The van der Waals surface area contributed by atoms with Gasteiger partial charge in [-0.05, 0) is 41.8 Å². The lowest BCUT2D eigenvalue weighted by molar-refractivity contribution is 0.102. The second kappa shape index (κ2) is 9.85. The Morgan fingerprint density at radius 2 is 1.58 bits per heavy atom. The number of hydrogen-bond acceptors (Lipinski definition) is 3. The molecule has 0 bridgehead atoms. The van der Waals surface area contributed by atoms with Gasteiger partial charge in [0.05, 0.1) is 0 Å². The van der Waals surface area contributed by atoms with Crippen molar-refractivity contribution in [3.63, 3.8) is 0 Å². The highest BCUT2D eigenvalue weighted by atomic mass is 32.2. The maximum absolute atomic E-state index is 14.4. The first kappa shape index (κ1) is 22.7. The summed E-state index contributed by atoms with van der Waals surface area (Å²) in [5.74, 6) is -1.38. The number of nitrogens with zero attached hydrogens (tertiary/aromatic N) is 1. The Labute approximate surface area is 182 Å². The summed E-state index contributed by atoms with van der Waals surface area (Å²) in [4.78, 5) is 12.4. The van der Waals surface area contributed by atoms with E-state index in [-0.39, 0.29) is 18.7 Å². The van der Waals surface area contributed by atoms with Crippen molar-refractivity contribution in [2.75, 3.05) is 18.4 Å². The van der Waals surface area contributed by atoms with Gasteiger partial charge in [0.2, 0.25) is 10.0 Å². The van der Waals surface area contributed by atoms with Crippen LogP contribution in [-0.4, -0.2) is 31.7 Å². The summed E-state index contributed by atoms with van der Waals surface area (Å²) in [5, 5.41) is 2.83. The van der Waals surface area contributed by atoms with Crippen LogP contribution in [-0.2, 0) is 16.4 Å². The highest BCUT2D eigenvalue weighted by Gasteiger charge is 2.26. The third-order valence-corrected chi connectivity index (χ3v) is 7.08. The summed E-state index contributed by atoms with van der Waals surface area (Å²) in [7, 11) is -4.03. The Morgan fingerprint density at radius 3 is 2.26 bits per heavy atom. The number of rotatable bonds is 8. The molecule has 1 amide bonds. The largest absolute Gasteiger partial charge is 0.322 e. The fourth-order valence-corrected chi connectivity index (χ4v) is 4.90. The molecule has 0 fully saturated rings. The number of anilines is 1. The minimum Gasteiger partial charge on any atom is -0.322 e. The van der Waals surface area contributed by atoms with Crippen LogP contribution in [0.15, 0.2) is 77.7 Å². The zero-order valence-electron chi connectivity index (χ0n) is 17.5. The molecule has 0 radical (unpaired) electrons. The Hall–Kier alpha value is -3.03. The van der Waals surface area contributed by atoms with Crippen molar-refractivity contribution >= 4 is 21.6 Å². The molecule has 0 aliphatic rings. The fourth-order valence-electron chi connectivity index (χ4n) is 3.35. The molecule has 162 valence electrons. The van der Waals surface area contributed by atoms with Crippen LogP contribution in [0, 0.1) is 5.82 Å². The third-order valence-electron chi connectivity index (χ3n) is 5.02. The Kier molecular flexibility index (Phi) is 7.20. The van der Waals surface area contributed by atoms with E-state index in [0.717, 1.165) is 27.6 Å². The van der Waals surface area contributed by atoms with Gasteiger partial charge in [0.25, 0.3) is 5.91 Å². The maximum atomic E-state index is 14.4. The molecule has 3 aromatic carbocycles. The number of carbonyl (C=O) groups excluding carboxylic acids is 1. The normalized spacial score (nSPS) is 11.5. The van der Waals surface area contributed by atoms with Crippen LogP contribution >= 0.6 is 0 Å². The molecule has 3 rings (SSSR count). The Bertz CT molecular complexity index is 1160. The van der Waals surface area contributed by atoms with E-state index < -0.39 is 26.6 Å². The van der Waals surface area contributed by atoms with E-state index in [9.17, 15) is 17.6 Å². The van der Waals surface area contributed by atoms with Gasteiger partial charge in [0.1, 0.15) is 10.7 Å². The van der Waals surface area contributed by atoms with E-state index in [1.165, 1.54) is 6.07 Å². The van der Waals surface area contributed by atoms with Crippen LogP contribution in [0.4, 0.5) is 10.1 Å². The van der Waals surface area contributed by atoms with Crippen molar-refractivity contribution in [1.82, 2.24) is 4.31 Å². The van der Waals surface area contributed by atoms with Gasteiger partial charge in [-0.25, -0.2) is 12.8 Å². The van der Waals surface area contributed by atoms with Gasteiger partial charge < -0.3 is 5.32 Å². The van der Waals surface area contributed by atoms with Gasteiger partial charge in [0.15, 0.2) is 0 Å². The third kappa shape index (κ3) is 5.18. The second-order valence-corrected chi connectivity index (χ2v) is 8.91. The van der Waals surface area contributed by atoms with E-state index in [4.69, 9.17) is 0 Å². The molecule has 0 spiro atoms. The molecule has 0 heterocycles. The molecular weight excluding hydrogens is 415 g/mol. The lowest BCUT2D eigenvalue weighted by atomic mass is 10.0. The van der Waals surface area contributed by atoms with Crippen LogP contribution in [0.2, 0.25) is 0 Å². The zero-order valence-corrected chi connectivity index (χ0v) is 18.3. The second-order valence-electron chi connectivity index (χ2n) is 7.01. The van der Waals surface area contributed by atoms with Crippen LogP contribution in [0.25, 0.3) is 0 Å². The first-order valence-corrected chi connectivity index (χ1v) is 11.5. The molecule has 1 N–H and O–H groups in total. The monoisotopic (exact) mass is 440 g/mol. The summed E-state index contributed by atoms with van der Waals surface area (Å²) < 4.78 is 41.0. The number of carbonyl (C=O) groups is 1. The molecule has 7 heteroatoms. The standard InChI is InChI=1S/C24H25FN2O3S/c1-3-27(4-2)31(29,30)23-17-20(14-15-21(23)25)24(28)26-22-13-9-8-12-19(22)16-18-10-6-5-7-11-18/h5-15,17H,3-4,16H2,1-2H3,(H,26,28). The lowest BCUT2D eigenvalue weighted by Gasteiger charge is -2.19. The van der Waals surface area contributed by atoms with Gasteiger partial charge in [-0.15, -0.1) is 0 Å². The Balaban J connectivity index is 1.89.